The summed E-state index contributed by atoms with van der Waals surface area (Å²) in [6.45, 7) is 2.95. The molecular weight excluding hydrogens is 319 g/mol. The molecule has 20 heavy (non-hydrogen) atoms. The van der Waals surface area contributed by atoms with Crippen molar-refractivity contribution in [1.29, 1.82) is 0 Å². The number of halogens is 2. The van der Waals surface area contributed by atoms with Crippen molar-refractivity contribution in [3.8, 4) is 0 Å². The number of aryl methyl sites for hydroxylation is 1. The van der Waals surface area contributed by atoms with Gasteiger partial charge in [0.1, 0.15) is 5.82 Å². The molecule has 0 atom stereocenters. The van der Waals surface area contributed by atoms with Gasteiger partial charge in [-0.25, -0.2) is 4.39 Å². The zero-order valence-corrected chi connectivity index (χ0v) is 13.2. The highest BCUT2D eigenvalue weighted by Crippen LogP contribution is 2.34. The molecule has 1 aliphatic rings. The molecule has 3 rings (SSSR count). The number of anilines is 1. The van der Waals surface area contributed by atoms with Gasteiger partial charge in [-0.2, -0.15) is 0 Å². The molecule has 0 saturated heterocycles. The summed E-state index contributed by atoms with van der Waals surface area (Å²) >= 11 is 3.28. The monoisotopic (exact) mass is 336 g/mol. The van der Waals surface area contributed by atoms with Crippen molar-refractivity contribution < 1.29 is 4.39 Å². The zero-order valence-electron chi connectivity index (χ0n) is 11.6. The first-order chi connectivity index (χ1) is 9.70. The number of benzene rings is 1. The maximum Gasteiger partial charge on any atom is 0.139 e. The molecule has 0 amide bonds. The highest BCUT2D eigenvalue weighted by atomic mass is 79.9. The Balaban J connectivity index is 2.30. The van der Waals surface area contributed by atoms with Crippen LogP contribution in [-0.4, -0.2) is 11.5 Å². The van der Waals surface area contributed by atoms with E-state index in [9.17, 15) is 4.39 Å². The van der Waals surface area contributed by atoms with Gasteiger partial charge in [-0.1, -0.05) is 6.42 Å². The van der Waals surface area contributed by atoms with Gasteiger partial charge in [0.05, 0.1) is 9.99 Å². The Labute approximate surface area is 126 Å². The first kappa shape index (κ1) is 13.8. The molecule has 0 bridgehead atoms. The third kappa shape index (κ3) is 2.41. The summed E-state index contributed by atoms with van der Waals surface area (Å²) in [6, 6.07) is 3.38. The third-order valence-corrected chi connectivity index (χ3v) is 4.52. The number of nitrogens with one attached hydrogen (secondary N) is 1. The van der Waals surface area contributed by atoms with Crippen molar-refractivity contribution in [3.63, 3.8) is 0 Å². The molecule has 0 aliphatic heterocycles. The van der Waals surface area contributed by atoms with E-state index in [2.05, 4.69) is 28.2 Å². The lowest BCUT2D eigenvalue weighted by Crippen LogP contribution is -2.06. The summed E-state index contributed by atoms with van der Waals surface area (Å²) in [5.41, 5.74) is 4.38. The van der Waals surface area contributed by atoms with E-state index in [1.807, 2.05) is 6.07 Å². The molecule has 2 aromatic rings. The van der Waals surface area contributed by atoms with E-state index in [0.29, 0.717) is 4.47 Å². The number of aromatic nitrogens is 1. The van der Waals surface area contributed by atoms with Gasteiger partial charge in [0.2, 0.25) is 0 Å². The van der Waals surface area contributed by atoms with Crippen molar-refractivity contribution in [2.75, 3.05) is 11.9 Å². The predicted octanol–water partition coefficient (Wildman–Crippen LogP) is 4.84. The number of fused-ring (bicyclic) bond motifs is 2. The van der Waals surface area contributed by atoms with E-state index >= 15 is 0 Å². The molecule has 4 heteroatoms. The van der Waals surface area contributed by atoms with Crippen molar-refractivity contribution >= 4 is 32.5 Å². The van der Waals surface area contributed by atoms with Crippen LogP contribution in [0.25, 0.3) is 10.9 Å². The first-order valence-electron chi connectivity index (χ1n) is 7.25. The standard InChI is InChI=1S/C16H18BrFN2/c1-2-19-16-10-6-4-3-5-7-14(10)20-15-9-13(18)12(17)8-11(15)16/h8-9H,2-7H2,1H3,(H,19,20). The summed E-state index contributed by atoms with van der Waals surface area (Å²) in [5, 5.41) is 4.48. The fraction of sp³-hybridized carbons (Fsp3) is 0.438. The lowest BCUT2D eigenvalue weighted by atomic mass is 10.0. The molecule has 0 unspecified atom stereocenters. The second-order valence-electron chi connectivity index (χ2n) is 5.29. The molecule has 0 spiro atoms. The molecule has 0 radical (unpaired) electrons. The molecular formula is C16H18BrFN2. The summed E-state index contributed by atoms with van der Waals surface area (Å²) in [6.07, 6.45) is 5.70. The zero-order chi connectivity index (χ0) is 14.1. The predicted molar refractivity (Wildman–Crippen MR) is 84.8 cm³/mol. The van der Waals surface area contributed by atoms with Gasteiger partial charge >= 0.3 is 0 Å². The maximum atomic E-state index is 13.8. The Hall–Kier alpha value is -1.16. The van der Waals surface area contributed by atoms with Crippen LogP contribution in [0, 0.1) is 5.82 Å². The van der Waals surface area contributed by atoms with E-state index < -0.39 is 0 Å². The van der Waals surface area contributed by atoms with Crippen molar-refractivity contribution in [2.45, 2.75) is 39.0 Å². The van der Waals surface area contributed by atoms with Crippen LogP contribution >= 0.6 is 15.9 Å². The Morgan fingerprint density at radius 3 is 2.85 bits per heavy atom. The molecule has 0 fully saturated rings. The average Bonchev–Trinajstić information content (AvgIpc) is 2.66. The van der Waals surface area contributed by atoms with E-state index in [-0.39, 0.29) is 5.82 Å². The lowest BCUT2D eigenvalue weighted by molar-refractivity contribution is 0.622. The minimum Gasteiger partial charge on any atom is -0.384 e. The van der Waals surface area contributed by atoms with Gasteiger partial charge < -0.3 is 5.32 Å². The molecule has 2 nitrogen and oxygen atoms in total. The molecule has 0 saturated carbocycles. The number of pyridine rings is 1. The first-order valence-corrected chi connectivity index (χ1v) is 8.04. The number of hydrogen-bond donors (Lipinski definition) is 1. The fourth-order valence-electron chi connectivity index (χ4n) is 2.97. The van der Waals surface area contributed by atoms with Crippen LogP contribution in [0.2, 0.25) is 0 Å². The van der Waals surface area contributed by atoms with Gasteiger partial charge in [0.25, 0.3) is 0 Å². The SMILES string of the molecule is CCNc1c2c(nc3cc(F)c(Br)cc13)CCCCC2. The fourth-order valence-corrected chi connectivity index (χ4v) is 3.32. The van der Waals surface area contributed by atoms with Gasteiger partial charge in [0.15, 0.2) is 0 Å². The normalized spacial score (nSPS) is 14.9. The average molecular weight is 337 g/mol. The second kappa shape index (κ2) is 5.68. The molecule has 106 valence electrons. The Bertz CT molecular complexity index is 655. The Morgan fingerprint density at radius 2 is 2.05 bits per heavy atom. The molecule has 1 heterocycles. The van der Waals surface area contributed by atoms with Crippen LogP contribution in [0.4, 0.5) is 10.1 Å². The minimum atomic E-state index is -0.249. The van der Waals surface area contributed by atoms with E-state index in [4.69, 9.17) is 4.98 Å². The van der Waals surface area contributed by atoms with Crippen LogP contribution in [-0.2, 0) is 12.8 Å². The summed E-state index contributed by atoms with van der Waals surface area (Å²) < 4.78 is 14.3. The summed E-state index contributed by atoms with van der Waals surface area (Å²) in [7, 11) is 0. The van der Waals surface area contributed by atoms with E-state index in [1.165, 1.54) is 30.9 Å². The largest absolute Gasteiger partial charge is 0.384 e. The highest BCUT2D eigenvalue weighted by molar-refractivity contribution is 9.10. The van der Waals surface area contributed by atoms with Gasteiger partial charge in [0, 0.05) is 29.4 Å². The van der Waals surface area contributed by atoms with Crippen LogP contribution < -0.4 is 5.32 Å². The number of hydrogen-bond acceptors (Lipinski definition) is 2. The molecule has 1 N–H and O–H groups in total. The van der Waals surface area contributed by atoms with Crippen molar-refractivity contribution in [1.82, 2.24) is 4.98 Å². The summed E-state index contributed by atoms with van der Waals surface area (Å²) in [5.74, 6) is -0.249. The van der Waals surface area contributed by atoms with Crippen molar-refractivity contribution in [2.24, 2.45) is 0 Å². The number of nitrogens with zero attached hydrogens (tertiary/aromatic N) is 1. The topological polar surface area (TPSA) is 24.9 Å². The van der Waals surface area contributed by atoms with Crippen LogP contribution in [0.15, 0.2) is 16.6 Å². The minimum absolute atomic E-state index is 0.249. The van der Waals surface area contributed by atoms with Gasteiger partial charge in [-0.05, 0) is 60.2 Å². The Kier molecular flexibility index (Phi) is 3.92. The third-order valence-electron chi connectivity index (χ3n) is 3.91. The maximum absolute atomic E-state index is 13.8. The molecule has 1 aromatic heterocycles. The van der Waals surface area contributed by atoms with Crippen molar-refractivity contribution in [3.05, 3.63) is 33.7 Å². The molecule has 1 aromatic carbocycles. The van der Waals surface area contributed by atoms with Crippen LogP contribution in [0.1, 0.15) is 37.4 Å². The smallest absolute Gasteiger partial charge is 0.139 e. The quantitative estimate of drug-likeness (QED) is 0.794. The van der Waals surface area contributed by atoms with E-state index in [1.54, 1.807) is 0 Å². The van der Waals surface area contributed by atoms with Crippen LogP contribution in [0.3, 0.4) is 0 Å². The second-order valence-corrected chi connectivity index (χ2v) is 6.14. The van der Waals surface area contributed by atoms with Gasteiger partial charge in [-0.15, -0.1) is 0 Å². The van der Waals surface area contributed by atoms with E-state index in [0.717, 1.165) is 41.7 Å². The molecule has 1 aliphatic carbocycles. The van der Waals surface area contributed by atoms with Gasteiger partial charge in [-0.3, -0.25) is 4.98 Å². The van der Waals surface area contributed by atoms with Crippen LogP contribution in [0.5, 0.6) is 0 Å². The number of rotatable bonds is 2. The summed E-state index contributed by atoms with van der Waals surface area (Å²) in [4.78, 5) is 4.72. The Morgan fingerprint density at radius 1 is 1.25 bits per heavy atom. The highest BCUT2D eigenvalue weighted by Gasteiger charge is 2.18. The lowest BCUT2D eigenvalue weighted by Gasteiger charge is -2.16.